The summed E-state index contributed by atoms with van der Waals surface area (Å²) in [6.45, 7) is 5.28. The van der Waals surface area contributed by atoms with Gasteiger partial charge in [-0.25, -0.2) is 4.79 Å². The van der Waals surface area contributed by atoms with E-state index in [1.54, 1.807) is 25.3 Å². The third-order valence-electron chi connectivity index (χ3n) is 3.35. The quantitative estimate of drug-likeness (QED) is 0.769. The van der Waals surface area contributed by atoms with E-state index in [0.717, 1.165) is 6.42 Å². The van der Waals surface area contributed by atoms with Gasteiger partial charge in [0.1, 0.15) is 0 Å². The standard InChI is InChI=1S/C16H23NO4/c1-16(2,8-9-21-3)11-17-14(18)10-12-6-4-5-7-13(12)15(19)20/h4-7H,8-11H2,1-3H3,(H,17,18)(H,19,20). The number of carboxylic acid groups (broad SMARTS) is 1. The van der Waals surface area contributed by atoms with Crippen LogP contribution in [0.3, 0.4) is 0 Å². The van der Waals surface area contributed by atoms with E-state index in [1.807, 2.05) is 0 Å². The molecule has 5 heteroatoms. The number of ether oxygens (including phenoxy) is 1. The number of carbonyl (C=O) groups excluding carboxylic acids is 1. The van der Waals surface area contributed by atoms with Crippen molar-refractivity contribution in [3.63, 3.8) is 0 Å². The van der Waals surface area contributed by atoms with Gasteiger partial charge in [-0.15, -0.1) is 0 Å². The van der Waals surface area contributed by atoms with Gasteiger partial charge in [0, 0.05) is 20.3 Å². The average Bonchev–Trinajstić information content (AvgIpc) is 2.43. The summed E-state index contributed by atoms with van der Waals surface area (Å²) in [6, 6.07) is 6.56. The third kappa shape index (κ3) is 5.95. The van der Waals surface area contributed by atoms with Crippen molar-refractivity contribution in [2.75, 3.05) is 20.3 Å². The number of rotatable bonds is 8. The van der Waals surface area contributed by atoms with E-state index < -0.39 is 5.97 Å². The van der Waals surface area contributed by atoms with Crippen LogP contribution in [0.2, 0.25) is 0 Å². The molecule has 0 atom stereocenters. The Morgan fingerprint density at radius 1 is 1.29 bits per heavy atom. The van der Waals surface area contributed by atoms with Gasteiger partial charge in [0.2, 0.25) is 5.91 Å². The molecule has 0 aliphatic rings. The first-order valence-corrected chi connectivity index (χ1v) is 6.92. The first-order valence-electron chi connectivity index (χ1n) is 6.92. The number of hydrogen-bond acceptors (Lipinski definition) is 3. The van der Waals surface area contributed by atoms with Crippen LogP contribution in [0, 0.1) is 5.41 Å². The molecule has 2 N–H and O–H groups in total. The fourth-order valence-corrected chi connectivity index (χ4v) is 1.92. The SMILES string of the molecule is COCCC(C)(C)CNC(=O)Cc1ccccc1C(=O)O. The summed E-state index contributed by atoms with van der Waals surface area (Å²) in [7, 11) is 1.65. The maximum Gasteiger partial charge on any atom is 0.335 e. The summed E-state index contributed by atoms with van der Waals surface area (Å²) in [5, 5.41) is 11.9. The monoisotopic (exact) mass is 293 g/mol. The Kier molecular flexibility index (Phi) is 6.37. The number of hydrogen-bond donors (Lipinski definition) is 2. The first kappa shape index (κ1) is 17.2. The predicted octanol–water partition coefficient (Wildman–Crippen LogP) is 2.11. The molecule has 5 nitrogen and oxygen atoms in total. The molecule has 0 saturated carbocycles. The van der Waals surface area contributed by atoms with E-state index in [-0.39, 0.29) is 23.3 Å². The van der Waals surface area contributed by atoms with Crippen molar-refractivity contribution < 1.29 is 19.4 Å². The molecule has 0 heterocycles. The zero-order valence-corrected chi connectivity index (χ0v) is 12.8. The van der Waals surface area contributed by atoms with Gasteiger partial charge in [0.25, 0.3) is 0 Å². The lowest BCUT2D eigenvalue weighted by Gasteiger charge is -2.24. The molecule has 1 amide bonds. The zero-order valence-electron chi connectivity index (χ0n) is 12.8. The van der Waals surface area contributed by atoms with Crippen molar-refractivity contribution in [3.8, 4) is 0 Å². The number of methoxy groups -OCH3 is 1. The smallest absolute Gasteiger partial charge is 0.335 e. The first-order chi connectivity index (χ1) is 9.85. The van der Waals surface area contributed by atoms with Gasteiger partial charge in [-0.2, -0.15) is 0 Å². The molecule has 1 aromatic carbocycles. The Morgan fingerprint density at radius 2 is 1.95 bits per heavy atom. The lowest BCUT2D eigenvalue weighted by atomic mass is 9.89. The second kappa shape index (κ2) is 7.78. The van der Waals surface area contributed by atoms with Crippen LogP contribution in [0.1, 0.15) is 36.2 Å². The van der Waals surface area contributed by atoms with Crippen LogP contribution in [0.15, 0.2) is 24.3 Å². The minimum Gasteiger partial charge on any atom is -0.478 e. The highest BCUT2D eigenvalue weighted by Crippen LogP contribution is 2.18. The van der Waals surface area contributed by atoms with Crippen LogP contribution in [0.5, 0.6) is 0 Å². The van der Waals surface area contributed by atoms with E-state index in [4.69, 9.17) is 9.84 Å². The number of aromatic carboxylic acids is 1. The number of amides is 1. The van der Waals surface area contributed by atoms with Gasteiger partial charge in [0.15, 0.2) is 0 Å². The minimum absolute atomic E-state index is 0.0576. The molecule has 0 fully saturated rings. The molecule has 1 aromatic rings. The molecule has 116 valence electrons. The molecule has 0 saturated heterocycles. The highest BCUT2D eigenvalue weighted by molar-refractivity contribution is 5.91. The normalized spacial score (nSPS) is 11.2. The zero-order chi connectivity index (χ0) is 15.9. The lowest BCUT2D eigenvalue weighted by Crippen LogP contribution is -2.35. The molecule has 1 rings (SSSR count). The number of nitrogens with one attached hydrogen (secondary N) is 1. The Bertz CT molecular complexity index is 497. The Hall–Kier alpha value is -1.88. The van der Waals surface area contributed by atoms with Crippen molar-refractivity contribution in [1.29, 1.82) is 0 Å². The van der Waals surface area contributed by atoms with E-state index in [9.17, 15) is 9.59 Å². The Morgan fingerprint density at radius 3 is 2.57 bits per heavy atom. The molecule has 0 bridgehead atoms. The van der Waals surface area contributed by atoms with Gasteiger partial charge in [-0.1, -0.05) is 32.0 Å². The van der Waals surface area contributed by atoms with Gasteiger partial charge >= 0.3 is 5.97 Å². The lowest BCUT2D eigenvalue weighted by molar-refractivity contribution is -0.120. The van der Waals surface area contributed by atoms with Gasteiger partial charge in [0.05, 0.1) is 12.0 Å². The second-order valence-corrected chi connectivity index (χ2v) is 5.82. The van der Waals surface area contributed by atoms with Gasteiger partial charge < -0.3 is 15.2 Å². The molecule has 0 aliphatic carbocycles. The molecule has 0 aromatic heterocycles. The molecule has 0 radical (unpaired) electrons. The summed E-state index contributed by atoms with van der Waals surface area (Å²) in [6.07, 6.45) is 0.915. The topological polar surface area (TPSA) is 75.6 Å². The molecular weight excluding hydrogens is 270 g/mol. The fourth-order valence-electron chi connectivity index (χ4n) is 1.92. The molecular formula is C16H23NO4. The van der Waals surface area contributed by atoms with E-state index in [2.05, 4.69) is 19.2 Å². The van der Waals surface area contributed by atoms with E-state index in [1.165, 1.54) is 6.07 Å². The van der Waals surface area contributed by atoms with Crippen LogP contribution in [0.4, 0.5) is 0 Å². The summed E-state index contributed by atoms with van der Waals surface area (Å²) in [4.78, 5) is 23.1. The van der Waals surface area contributed by atoms with Crippen molar-refractivity contribution in [3.05, 3.63) is 35.4 Å². The van der Waals surface area contributed by atoms with E-state index >= 15 is 0 Å². The summed E-state index contributed by atoms with van der Waals surface area (Å²) in [5.41, 5.74) is 0.640. The Labute approximate surface area is 125 Å². The molecule has 0 unspecified atom stereocenters. The van der Waals surface area contributed by atoms with Crippen molar-refractivity contribution in [2.45, 2.75) is 26.7 Å². The highest BCUT2D eigenvalue weighted by atomic mass is 16.5. The van der Waals surface area contributed by atoms with Crippen LogP contribution >= 0.6 is 0 Å². The molecule has 0 spiro atoms. The van der Waals surface area contributed by atoms with Crippen molar-refractivity contribution >= 4 is 11.9 Å². The summed E-state index contributed by atoms with van der Waals surface area (Å²) < 4.78 is 5.04. The molecule has 21 heavy (non-hydrogen) atoms. The highest BCUT2D eigenvalue weighted by Gasteiger charge is 2.19. The van der Waals surface area contributed by atoms with E-state index in [0.29, 0.717) is 18.7 Å². The van der Waals surface area contributed by atoms with Crippen LogP contribution in [-0.2, 0) is 16.0 Å². The number of carboxylic acids is 1. The van der Waals surface area contributed by atoms with Crippen LogP contribution < -0.4 is 5.32 Å². The van der Waals surface area contributed by atoms with Crippen molar-refractivity contribution in [2.24, 2.45) is 5.41 Å². The maximum absolute atomic E-state index is 12.0. The summed E-state index contributed by atoms with van der Waals surface area (Å²) >= 11 is 0. The van der Waals surface area contributed by atoms with Crippen LogP contribution in [-0.4, -0.2) is 37.2 Å². The molecule has 0 aliphatic heterocycles. The summed E-state index contributed by atoms with van der Waals surface area (Å²) in [5.74, 6) is -1.19. The minimum atomic E-state index is -1.01. The second-order valence-electron chi connectivity index (χ2n) is 5.82. The van der Waals surface area contributed by atoms with Gasteiger partial charge in [-0.05, 0) is 23.5 Å². The van der Waals surface area contributed by atoms with Gasteiger partial charge in [-0.3, -0.25) is 4.79 Å². The van der Waals surface area contributed by atoms with Crippen LogP contribution in [0.25, 0.3) is 0 Å². The van der Waals surface area contributed by atoms with Crippen molar-refractivity contribution in [1.82, 2.24) is 5.32 Å². The number of carbonyl (C=O) groups is 2. The maximum atomic E-state index is 12.0. The average molecular weight is 293 g/mol. The largest absolute Gasteiger partial charge is 0.478 e. The Balaban J connectivity index is 2.57. The predicted molar refractivity (Wildman–Crippen MR) is 80.4 cm³/mol. The fraction of sp³-hybridized carbons (Fsp3) is 0.500. The third-order valence-corrected chi connectivity index (χ3v) is 3.35. The number of benzene rings is 1.